The molecule has 154 valence electrons. The molecule has 2 aliphatic rings. The number of hydrogen-bond acceptors (Lipinski definition) is 7. The monoisotopic (exact) mass is 401 g/mol. The molecule has 9 heteroatoms. The zero-order chi connectivity index (χ0) is 20.4. The minimum atomic E-state index is -0.704. The van der Waals surface area contributed by atoms with E-state index in [9.17, 15) is 14.7 Å². The van der Waals surface area contributed by atoms with Crippen LogP contribution in [0.25, 0.3) is 0 Å². The summed E-state index contributed by atoms with van der Waals surface area (Å²) < 4.78 is 15.5. The van der Waals surface area contributed by atoms with Crippen LogP contribution >= 0.6 is 0 Å². The molecule has 4 rings (SSSR count). The number of ether oxygens (including phenoxy) is 2. The van der Waals surface area contributed by atoms with Crippen molar-refractivity contribution in [3.8, 4) is 11.5 Å². The number of carbonyl (C=O) groups is 2. The van der Waals surface area contributed by atoms with Crippen LogP contribution < -0.4 is 20.1 Å². The normalized spacial score (nSPS) is 22.9. The summed E-state index contributed by atoms with van der Waals surface area (Å²) in [5, 5.41) is 19.6. The molecule has 1 aromatic carbocycles. The third kappa shape index (κ3) is 4.34. The highest BCUT2D eigenvalue weighted by Gasteiger charge is 2.34. The first-order chi connectivity index (χ1) is 14.0. The third-order valence-corrected chi connectivity index (χ3v) is 5.27. The van der Waals surface area contributed by atoms with Crippen LogP contribution in [0.3, 0.4) is 0 Å². The summed E-state index contributed by atoms with van der Waals surface area (Å²) in [5.74, 6) is 1.07. The molecular weight excluding hydrogens is 378 g/mol. The van der Waals surface area contributed by atoms with E-state index in [4.69, 9.17) is 14.0 Å². The van der Waals surface area contributed by atoms with Crippen LogP contribution in [0.5, 0.6) is 11.5 Å². The van der Waals surface area contributed by atoms with Crippen LogP contribution in [-0.2, 0) is 11.3 Å². The number of amides is 2. The van der Waals surface area contributed by atoms with Gasteiger partial charge in [-0.3, -0.25) is 9.59 Å². The van der Waals surface area contributed by atoms with Gasteiger partial charge in [-0.15, -0.1) is 0 Å². The molecule has 0 unspecified atom stereocenters. The Hall–Kier alpha value is -3.07. The van der Waals surface area contributed by atoms with E-state index in [-0.39, 0.29) is 24.3 Å². The molecule has 0 saturated heterocycles. The Morgan fingerprint density at radius 1 is 1.21 bits per heavy atom. The number of carbonyl (C=O) groups excluding carboxylic acids is 2. The Balaban J connectivity index is 1.32. The molecule has 0 radical (unpaired) electrons. The van der Waals surface area contributed by atoms with Gasteiger partial charge in [0.1, 0.15) is 5.76 Å². The van der Waals surface area contributed by atoms with Gasteiger partial charge in [0.2, 0.25) is 12.7 Å². The van der Waals surface area contributed by atoms with E-state index in [1.54, 1.807) is 6.92 Å². The van der Waals surface area contributed by atoms with E-state index < -0.39 is 18.1 Å². The lowest BCUT2D eigenvalue weighted by molar-refractivity contribution is -0.127. The fraction of sp³-hybridized carbons (Fsp3) is 0.450. The maximum absolute atomic E-state index is 12.6. The van der Waals surface area contributed by atoms with Gasteiger partial charge in [-0.25, -0.2) is 0 Å². The zero-order valence-electron chi connectivity index (χ0n) is 16.0. The topological polar surface area (TPSA) is 123 Å². The van der Waals surface area contributed by atoms with E-state index in [0.29, 0.717) is 43.1 Å². The van der Waals surface area contributed by atoms with Gasteiger partial charge in [-0.05, 0) is 43.9 Å². The van der Waals surface area contributed by atoms with Crippen LogP contribution in [-0.4, -0.2) is 41.0 Å². The minimum Gasteiger partial charge on any atom is -0.454 e. The lowest BCUT2D eigenvalue weighted by Gasteiger charge is -2.33. The Labute approximate surface area is 167 Å². The minimum absolute atomic E-state index is 0.105. The molecule has 3 N–H and O–H groups in total. The van der Waals surface area contributed by atoms with E-state index in [0.717, 1.165) is 5.56 Å². The van der Waals surface area contributed by atoms with Crippen LogP contribution in [0.4, 0.5) is 0 Å². The van der Waals surface area contributed by atoms with Crippen LogP contribution in [0.15, 0.2) is 28.8 Å². The number of rotatable bonds is 5. The van der Waals surface area contributed by atoms with Gasteiger partial charge in [-0.2, -0.15) is 0 Å². The van der Waals surface area contributed by atoms with E-state index >= 15 is 0 Å². The summed E-state index contributed by atoms with van der Waals surface area (Å²) in [6, 6.07) is 6.55. The van der Waals surface area contributed by atoms with Crippen LogP contribution in [0.1, 0.15) is 41.1 Å². The molecule has 0 bridgehead atoms. The van der Waals surface area contributed by atoms with Crippen molar-refractivity contribution in [1.29, 1.82) is 0 Å². The van der Waals surface area contributed by atoms with Gasteiger partial charge in [-0.1, -0.05) is 11.2 Å². The van der Waals surface area contributed by atoms with Crippen LogP contribution in [0, 0.1) is 12.8 Å². The van der Waals surface area contributed by atoms with E-state index in [2.05, 4.69) is 15.8 Å². The fourth-order valence-corrected chi connectivity index (χ4v) is 3.65. The molecule has 1 aliphatic heterocycles. The maximum Gasteiger partial charge on any atom is 0.273 e. The van der Waals surface area contributed by atoms with Crippen molar-refractivity contribution < 1.29 is 28.7 Å². The standard InChI is InChI=1S/C20H23N3O6/c1-11-6-15(23-29-11)20(26)22-14-8-13(3-4-16(14)24)19(25)21-9-12-2-5-17-18(7-12)28-10-27-17/h2,5-7,13-14,16,24H,3-4,8-10H2,1H3,(H,21,25)(H,22,26)/t13-,14+,16+/m0/s1. The maximum atomic E-state index is 12.6. The number of aliphatic hydroxyl groups excluding tert-OH is 1. The number of aromatic nitrogens is 1. The summed E-state index contributed by atoms with van der Waals surface area (Å²) in [6.45, 7) is 2.26. The number of fused-ring (bicyclic) bond motifs is 1. The first-order valence-corrected chi connectivity index (χ1v) is 9.58. The summed E-state index contributed by atoms with van der Waals surface area (Å²) >= 11 is 0. The number of aliphatic hydroxyl groups is 1. The molecule has 1 aromatic heterocycles. The predicted octanol–water partition coefficient (Wildman–Crippen LogP) is 1.29. The second-order valence-corrected chi connectivity index (χ2v) is 7.39. The Bertz CT molecular complexity index is 911. The number of aryl methyl sites for hydroxylation is 1. The highest BCUT2D eigenvalue weighted by molar-refractivity contribution is 5.92. The average molecular weight is 401 g/mol. The van der Waals surface area contributed by atoms with Crippen molar-refractivity contribution in [2.75, 3.05) is 6.79 Å². The van der Waals surface area contributed by atoms with Gasteiger partial charge < -0.3 is 29.7 Å². The fourth-order valence-electron chi connectivity index (χ4n) is 3.65. The predicted molar refractivity (Wildman–Crippen MR) is 100 cm³/mol. The molecule has 2 heterocycles. The van der Waals surface area contributed by atoms with Gasteiger partial charge in [0.05, 0.1) is 12.1 Å². The lowest BCUT2D eigenvalue weighted by atomic mass is 9.83. The molecule has 2 aromatic rings. The summed E-state index contributed by atoms with van der Waals surface area (Å²) in [6.07, 6.45) is 0.649. The van der Waals surface area contributed by atoms with Gasteiger partial charge in [0.25, 0.3) is 5.91 Å². The summed E-state index contributed by atoms with van der Waals surface area (Å²) in [4.78, 5) is 24.9. The van der Waals surface area contributed by atoms with Crippen molar-refractivity contribution in [2.45, 2.75) is 44.9 Å². The highest BCUT2D eigenvalue weighted by atomic mass is 16.7. The molecule has 0 spiro atoms. The molecule has 9 nitrogen and oxygen atoms in total. The Morgan fingerprint density at radius 2 is 2.03 bits per heavy atom. The molecule has 29 heavy (non-hydrogen) atoms. The zero-order valence-corrected chi connectivity index (χ0v) is 16.0. The van der Waals surface area contributed by atoms with Crippen molar-refractivity contribution in [1.82, 2.24) is 15.8 Å². The molecular formula is C20H23N3O6. The van der Waals surface area contributed by atoms with E-state index in [1.807, 2.05) is 18.2 Å². The first-order valence-electron chi connectivity index (χ1n) is 9.58. The van der Waals surface area contributed by atoms with Gasteiger partial charge >= 0.3 is 0 Å². The molecule has 3 atom stereocenters. The van der Waals surface area contributed by atoms with Crippen molar-refractivity contribution >= 4 is 11.8 Å². The quantitative estimate of drug-likeness (QED) is 0.690. The molecule has 2 amide bonds. The smallest absolute Gasteiger partial charge is 0.273 e. The largest absolute Gasteiger partial charge is 0.454 e. The lowest BCUT2D eigenvalue weighted by Crippen LogP contribution is -2.49. The second-order valence-electron chi connectivity index (χ2n) is 7.39. The van der Waals surface area contributed by atoms with Gasteiger partial charge in [0, 0.05) is 18.5 Å². The number of benzene rings is 1. The van der Waals surface area contributed by atoms with Gasteiger partial charge in [0.15, 0.2) is 17.2 Å². The second kappa shape index (κ2) is 8.12. The van der Waals surface area contributed by atoms with Crippen molar-refractivity contribution in [3.63, 3.8) is 0 Å². The Kier molecular flexibility index (Phi) is 5.39. The van der Waals surface area contributed by atoms with E-state index in [1.165, 1.54) is 6.07 Å². The molecule has 1 fully saturated rings. The summed E-state index contributed by atoms with van der Waals surface area (Å²) in [5.41, 5.74) is 1.06. The SMILES string of the molecule is Cc1cc(C(=O)N[C@@H]2C[C@@H](C(=O)NCc3ccc4c(c3)OCO4)CC[C@H]2O)no1. The number of hydrogen-bond donors (Lipinski definition) is 3. The average Bonchev–Trinajstić information content (AvgIpc) is 3.36. The Morgan fingerprint density at radius 3 is 2.83 bits per heavy atom. The number of nitrogens with one attached hydrogen (secondary N) is 2. The van der Waals surface area contributed by atoms with Crippen molar-refractivity contribution in [3.05, 3.63) is 41.3 Å². The summed E-state index contributed by atoms with van der Waals surface area (Å²) in [7, 11) is 0. The first kappa shape index (κ1) is 19.3. The molecule has 1 aliphatic carbocycles. The number of nitrogens with zero attached hydrogens (tertiary/aromatic N) is 1. The van der Waals surface area contributed by atoms with Crippen LogP contribution in [0.2, 0.25) is 0 Å². The molecule has 1 saturated carbocycles. The van der Waals surface area contributed by atoms with Crippen molar-refractivity contribution in [2.24, 2.45) is 5.92 Å². The highest BCUT2D eigenvalue weighted by Crippen LogP contribution is 2.32. The third-order valence-electron chi connectivity index (χ3n) is 5.27.